The fourth-order valence-electron chi connectivity index (χ4n) is 1.85. The Labute approximate surface area is 107 Å². The molecule has 1 rings (SSSR count). The van der Waals surface area contributed by atoms with Crippen LogP contribution in [0.1, 0.15) is 16.7 Å². The first-order valence-electron chi connectivity index (χ1n) is 5.43. The smallest absolute Gasteiger partial charge is 0.332 e. The molecule has 2 N–H and O–H groups in total. The molecule has 4 nitrogen and oxygen atoms in total. The van der Waals surface area contributed by atoms with Crippen molar-refractivity contribution in [1.82, 2.24) is 5.32 Å². The Kier molecular flexibility index (Phi) is 4.84. The lowest BCUT2D eigenvalue weighted by Gasteiger charge is -2.21. The number of carbonyl (C=O) groups is 1. The molecule has 17 heavy (non-hydrogen) atoms. The summed E-state index contributed by atoms with van der Waals surface area (Å²) < 4.78 is 1.28. The van der Waals surface area contributed by atoms with E-state index in [1.165, 1.54) is 4.31 Å². The van der Waals surface area contributed by atoms with Crippen LogP contribution in [0.15, 0.2) is 12.1 Å². The van der Waals surface area contributed by atoms with Gasteiger partial charge in [0.15, 0.2) is 0 Å². The number of rotatable bonds is 3. The minimum Gasteiger partial charge on any atom is -0.395 e. The molecule has 1 aromatic carbocycles. The zero-order valence-corrected chi connectivity index (χ0v) is 11.2. The third-order valence-corrected chi connectivity index (χ3v) is 2.81. The molecule has 0 aromatic heterocycles. The number of benzene rings is 1. The van der Waals surface area contributed by atoms with Crippen molar-refractivity contribution in [2.45, 2.75) is 20.8 Å². The second kappa shape index (κ2) is 5.93. The average Bonchev–Trinajstić information content (AvgIpc) is 2.24. The molecular weight excluding hydrogens is 236 g/mol. The molecule has 94 valence electrons. The monoisotopic (exact) mass is 254 g/mol. The van der Waals surface area contributed by atoms with E-state index in [9.17, 15) is 4.79 Å². The number of anilines is 1. The van der Waals surface area contributed by atoms with Crippen LogP contribution in [0.5, 0.6) is 0 Å². The first-order chi connectivity index (χ1) is 7.97. The highest BCUT2D eigenvalue weighted by Gasteiger charge is 2.16. The minimum absolute atomic E-state index is 0.0841. The van der Waals surface area contributed by atoms with E-state index in [2.05, 4.69) is 18.1 Å². The molecule has 1 aromatic rings. The molecule has 0 saturated heterocycles. The van der Waals surface area contributed by atoms with Crippen LogP contribution in [0.25, 0.3) is 0 Å². The summed E-state index contributed by atoms with van der Waals surface area (Å²) in [4.78, 5) is 11.7. The standard InChI is InChI=1S/C12H18N2O2S/c1-8-6-9(2)11(10(3)7-8)14(17)12(16)13-4-5-15/h6-7,15,17H,4-5H2,1-3H3,(H,13,16). The Balaban J connectivity index is 2.96. The van der Waals surface area contributed by atoms with Crippen LogP contribution in [0.3, 0.4) is 0 Å². The van der Waals surface area contributed by atoms with Crippen molar-refractivity contribution in [3.05, 3.63) is 28.8 Å². The number of nitrogens with zero attached hydrogens (tertiary/aromatic N) is 1. The van der Waals surface area contributed by atoms with Gasteiger partial charge < -0.3 is 10.4 Å². The number of hydrogen-bond donors (Lipinski definition) is 3. The summed E-state index contributed by atoms with van der Waals surface area (Å²) in [6.07, 6.45) is 0. The number of hydrogen-bond acceptors (Lipinski definition) is 3. The Morgan fingerprint density at radius 3 is 2.35 bits per heavy atom. The molecule has 0 aliphatic rings. The molecule has 0 radical (unpaired) electrons. The Hall–Kier alpha value is -1.20. The van der Waals surface area contributed by atoms with Gasteiger partial charge in [-0.05, 0) is 31.9 Å². The van der Waals surface area contributed by atoms with E-state index in [-0.39, 0.29) is 19.2 Å². The van der Waals surface area contributed by atoms with Crippen LogP contribution >= 0.6 is 12.8 Å². The predicted molar refractivity (Wildman–Crippen MR) is 72.6 cm³/mol. The highest BCUT2D eigenvalue weighted by Crippen LogP contribution is 2.27. The fourth-order valence-corrected chi connectivity index (χ4v) is 2.23. The van der Waals surface area contributed by atoms with Crippen molar-refractivity contribution in [3.8, 4) is 0 Å². The molecular formula is C12H18N2O2S. The Morgan fingerprint density at radius 2 is 1.88 bits per heavy atom. The maximum absolute atomic E-state index is 11.7. The van der Waals surface area contributed by atoms with Crippen LogP contribution in [0.2, 0.25) is 0 Å². The molecule has 2 amide bonds. The second-order valence-electron chi connectivity index (χ2n) is 4.01. The molecule has 0 bridgehead atoms. The number of aliphatic hydroxyl groups excluding tert-OH is 1. The summed E-state index contributed by atoms with van der Waals surface area (Å²) in [6.45, 7) is 6.04. The number of amides is 2. The maximum Gasteiger partial charge on any atom is 0.332 e. The molecule has 5 heteroatoms. The number of aryl methyl sites for hydroxylation is 3. The second-order valence-corrected chi connectivity index (χ2v) is 4.41. The lowest BCUT2D eigenvalue weighted by molar-refractivity contribution is 0.242. The predicted octanol–water partition coefficient (Wildman–Crippen LogP) is 1.96. The van der Waals surface area contributed by atoms with Crippen molar-refractivity contribution in [1.29, 1.82) is 0 Å². The average molecular weight is 254 g/mol. The summed E-state index contributed by atoms with van der Waals surface area (Å²) >= 11 is 4.20. The van der Waals surface area contributed by atoms with Crippen LogP contribution in [0.4, 0.5) is 10.5 Å². The first-order valence-corrected chi connectivity index (χ1v) is 5.83. The fraction of sp³-hybridized carbons (Fsp3) is 0.417. The maximum atomic E-state index is 11.7. The molecule has 0 spiro atoms. The third-order valence-electron chi connectivity index (χ3n) is 2.43. The lowest BCUT2D eigenvalue weighted by atomic mass is 10.1. The van der Waals surface area contributed by atoms with Gasteiger partial charge in [-0.3, -0.25) is 0 Å². The third kappa shape index (κ3) is 3.38. The van der Waals surface area contributed by atoms with Crippen molar-refractivity contribution < 1.29 is 9.90 Å². The van der Waals surface area contributed by atoms with Gasteiger partial charge >= 0.3 is 6.03 Å². The van der Waals surface area contributed by atoms with E-state index in [0.29, 0.717) is 0 Å². The van der Waals surface area contributed by atoms with Gasteiger partial charge in [0.25, 0.3) is 0 Å². The zero-order valence-electron chi connectivity index (χ0n) is 10.3. The van der Waals surface area contributed by atoms with Gasteiger partial charge in [0.05, 0.1) is 12.3 Å². The molecule has 0 heterocycles. The van der Waals surface area contributed by atoms with Gasteiger partial charge in [-0.2, -0.15) is 0 Å². The Morgan fingerprint density at radius 1 is 1.35 bits per heavy atom. The summed E-state index contributed by atoms with van der Waals surface area (Å²) in [6, 6.07) is 3.67. The van der Waals surface area contributed by atoms with E-state index >= 15 is 0 Å². The van der Waals surface area contributed by atoms with Crippen LogP contribution in [-0.2, 0) is 0 Å². The number of thiol groups is 1. The molecule has 0 aliphatic heterocycles. The minimum atomic E-state index is -0.336. The lowest BCUT2D eigenvalue weighted by Crippen LogP contribution is -2.36. The van der Waals surface area contributed by atoms with Crippen LogP contribution < -0.4 is 9.62 Å². The quantitative estimate of drug-likeness (QED) is 0.722. The normalized spacial score (nSPS) is 10.2. The SMILES string of the molecule is Cc1cc(C)c(N(S)C(=O)NCCO)c(C)c1. The van der Waals surface area contributed by atoms with Crippen molar-refractivity contribution >= 4 is 24.5 Å². The van der Waals surface area contributed by atoms with Crippen molar-refractivity contribution in [2.24, 2.45) is 0 Å². The first kappa shape index (κ1) is 13.9. The van der Waals surface area contributed by atoms with E-state index in [1.54, 1.807) is 0 Å². The van der Waals surface area contributed by atoms with Crippen molar-refractivity contribution in [3.63, 3.8) is 0 Å². The van der Waals surface area contributed by atoms with Gasteiger partial charge in [0.1, 0.15) is 0 Å². The van der Waals surface area contributed by atoms with Gasteiger partial charge in [-0.15, -0.1) is 0 Å². The Bertz CT molecular complexity index is 398. The van der Waals surface area contributed by atoms with E-state index in [0.717, 1.165) is 22.4 Å². The van der Waals surface area contributed by atoms with Crippen molar-refractivity contribution in [2.75, 3.05) is 17.5 Å². The molecule has 0 fully saturated rings. The largest absolute Gasteiger partial charge is 0.395 e. The molecule has 0 aliphatic carbocycles. The summed E-state index contributed by atoms with van der Waals surface area (Å²) in [7, 11) is 0. The van der Waals surface area contributed by atoms with Crippen LogP contribution in [0, 0.1) is 20.8 Å². The molecule has 0 atom stereocenters. The highest BCUT2D eigenvalue weighted by molar-refractivity contribution is 7.82. The zero-order chi connectivity index (χ0) is 13.0. The summed E-state index contributed by atoms with van der Waals surface area (Å²) in [5, 5.41) is 11.2. The van der Waals surface area contributed by atoms with Crippen LogP contribution in [-0.4, -0.2) is 24.3 Å². The number of nitrogens with one attached hydrogen (secondary N) is 1. The topological polar surface area (TPSA) is 52.6 Å². The van der Waals surface area contributed by atoms with E-state index in [1.807, 2.05) is 32.9 Å². The van der Waals surface area contributed by atoms with Gasteiger partial charge in [0, 0.05) is 6.54 Å². The summed E-state index contributed by atoms with van der Waals surface area (Å²) in [5.41, 5.74) is 3.93. The molecule has 0 unspecified atom stereocenters. The van der Waals surface area contributed by atoms with E-state index in [4.69, 9.17) is 5.11 Å². The van der Waals surface area contributed by atoms with Gasteiger partial charge in [0.2, 0.25) is 0 Å². The van der Waals surface area contributed by atoms with Gasteiger partial charge in [-0.25, -0.2) is 9.10 Å². The number of carbonyl (C=O) groups excluding carboxylic acids is 1. The summed E-state index contributed by atoms with van der Waals surface area (Å²) in [5.74, 6) is 0. The number of urea groups is 1. The van der Waals surface area contributed by atoms with E-state index < -0.39 is 0 Å². The highest BCUT2D eigenvalue weighted by atomic mass is 32.1. The molecule has 0 saturated carbocycles. The van der Waals surface area contributed by atoms with Gasteiger partial charge in [-0.1, -0.05) is 30.5 Å². The number of aliphatic hydroxyl groups is 1.